The SMILES string of the molecule is CC1CCCC1CNC(=O)c1ccc([N+](=O)[O-])c(NN)c1. The van der Waals surface area contributed by atoms with Crippen LogP contribution in [0.2, 0.25) is 0 Å². The van der Waals surface area contributed by atoms with Gasteiger partial charge in [0, 0.05) is 18.2 Å². The number of nitrogens with two attached hydrogens (primary N) is 1. The van der Waals surface area contributed by atoms with Gasteiger partial charge in [0.05, 0.1) is 4.92 Å². The smallest absolute Gasteiger partial charge is 0.293 e. The van der Waals surface area contributed by atoms with Crippen LogP contribution >= 0.6 is 0 Å². The van der Waals surface area contributed by atoms with Crippen molar-refractivity contribution in [3.05, 3.63) is 33.9 Å². The van der Waals surface area contributed by atoms with Gasteiger partial charge in [0.2, 0.25) is 0 Å². The minimum atomic E-state index is -0.545. The Hall–Kier alpha value is -2.15. The van der Waals surface area contributed by atoms with Crippen LogP contribution in [-0.2, 0) is 0 Å². The lowest BCUT2D eigenvalue weighted by molar-refractivity contribution is -0.384. The van der Waals surface area contributed by atoms with Crippen molar-refractivity contribution in [2.45, 2.75) is 26.2 Å². The second-order valence-corrected chi connectivity index (χ2v) is 5.51. The van der Waals surface area contributed by atoms with Crippen LogP contribution in [0, 0.1) is 22.0 Å². The first-order chi connectivity index (χ1) is 10.0. The van der Waals surface area contributed by atoms with Crippen molar-refractivity contribution in [2.24, 2.45) is 17.7 Å². The van der Waals surface area contributed by atoms with Gasteiger partial charge < -0.3 is 10.7 Å². The molecule has 0 bridgehead atoms. The van der Waals surface area contributed by atoms with Gasteiger partial charge in [-0.25, -0.2) is 0 Å². The fraction of sp³-hybridized carbons (Fsp3) is 0.500. The molecule has 4 N–H and O–H groups in total. The van der Waals surface area contributed by atoms with E-state index >= 15 is 0 Å². The summed E-state index contributed by atoms with van der Waals surface area (Å²) < 4.78 is 0. The number of hydrazine groups is 1. The summed E-state index contributed by atoms with van der Waals surface area (Å²) in [5, 5.41) is 13.7. The normalized spacial score (nSPS) is 21.0. The summed E-state index contributed by atoms with van der Waals surface area (Å²) in [6.07, 6.45) is 3.55. The molecule has 0 heterocycles. The van der Waals surface area contributed by atoms with E-state index in [2.05, 4.69) is 17.7 Å². The molecule has 1 aromatic carbocycles. The number of nitro benzene ring substituents is 1. The van der Waals surface area contributed by atoms with E-state index in [1.165, 1.54) is 31.0 Å². The highest BCUT2D eigenvalue weighted by molar-refractivity contribution is 5.95. The molecule has 2 atom stereocenters. The molecule has 1 aliphatic rings. The molecule has 2 unspecified atom stereocenters. The molecule has 114 valence electrons. The largest absolute Gasteiger partial charge is 0.352 e. The van der Waals surface area contributed by atoms with Crippen molar-refractivity contribution in [1.82, 2.24) is 5.32 Å². The first-order valence-electron chi connectivity index (χ1n) is 7.06. The molecule has 21 heavy (non-hydrogen) atoms. The number of nitrogens with one attached hydrogen (secondary N) is 2. The third-order valence-electron chi connectivity index (χ3n) is 4.17. The molecule has 2 rings (SSSR count). The standard InChI is InChI=1S/C14H20N4O3/c1-9-3-2-4-11(9)8-16-14(19)10-5-6-13(18(20)21)12(7-10)17-15/h5-7,9,11,17H,2-4,8,15H2,1H3,(H,16,19). The Labute approximate surface area is 123 Å². The summed E-state index contributed by atoms with van der Waals surface area (Å²) in [5.74, 6) is 6.17. The highest BCUT2D eigenvalue weighted by atomic mass is 16.6. The van der Waals surface area contributed by atoms with Crippen LogP contribution in [0.3, 0.4) is 0 Å². The van der Waals surface area contributed by atoms with Gasteiger partial charge in [-0.15, -0.1) is 0 Å². The molecule has 0 saturated heterocycles. The number of anilines is 1. The minimum absolute atomic E-state index is 0.127. The van der Waals surface area contributed by atoms with Crippen LogP contribution in [0.4, 0.5) is 11.4 Å². The van der Waals surface area contributed by atoms with Crippen LogP contribution in [0.25, 0.3) is 0 Å². The zero-order chi connectivity index (χ0) is 15.4. The van der Waals surface area contributed by atoms with Gasteiger partial charge >= 0.3 is 0 Å². The molecular formula is C14H20N4O3. The Bertz CT molecular complexity index is 547. The quantitative estimate of drug-likeness (QED) is 0.437. The Balaban J connectivity index is 2.03. The lowest BCUT2D eigenvalue weighted by Crippen LogP contribution is -2.30. The highest BCUT2D eigenvalue weighted by Gasteiger charge is 2.24. The molecule has 0 aliphatic heterocycles. The molecule has 1 amide bonds. The van der Waals surface area contributed by atoms with E-state index in [0.717, 1.165) is 6.42 Å². The van der Waals surface area contributed by atoms with Gasteiger partial charge in [0.15, 0.2) is 0 Å². The van der Waals surface area contributed by atoms with Gasteiger partial charge in [-0.05, 0) is 30.4 Å². The molecular weight excluding hydrogens is 272 g/mol. The zero-order valence-corrected chi connectivity index (χ0v) is 12.0. The first kappa shape index (κ1) is 15.2. The van der Waals surface area contributed by atoms with E-state index < -0.39 is 4.92 Å². The minimum Gasteiger partial charge on any atom is -0.352 e. The second-order valence-electron chi connectivity index (χ2n) is 5.51. The zero-order valence-electron chi connectivity index (χ0n) is 12.0. The summed E-state index contributed by atoms with van der Waals surface area (Å²) in [4.78, 5) is 22.4. The van der Waals surface area contributed by atoms with E-state index in [-0.39, 0.29) is 17.3 Å². The Morgan fingerprint density at radius 1 is 1.48 bits per heavy atom. The van der Waals surface area contributed by atoms with Crippen molar-refractivity contribution in [1.29, 1.82) is 0 Å². The lowest BCUT2D eigenvalue weighted by Gasteiger charge is -2.16. The molecule has 7 heteroatoms. The second kappa shape index (κ2) is 6.53. The van der Waals surface area contributed by atoms with E-state index in [1.807, 2.05) is 0 Å². The number of nitro groups is 1. The Morgan fingerprint density at radius 2 is 2.24 bits per heavy atom. The van der Waals surface area contributed by atoms with E-state index in [0.29, 0.717) is 23.9 Å². The lowest BCUT2D eigenvalue weighted by atomic mass is 9.98. The molecule has 1 aliphatic carbocycles. The number of hydrogen-bond donors (Lipinski definition) is 3. The molecule has 0 radical (unpaired) electrons. The van der Waals surface area contributed by atoms with Crippen molar-refractivity contribution in [3.8, 4) is 0 Å². The van der Waals surface area contributed by atoms with Crippen LogP contribution in [0.5, 0.6) is 0 Å². The molecule has 7 nitrogen and oxygen atoms in total. The number of carbonyl (C=O) groups is 1. The van der Waals surface area contributed by atoms with Gasteiger partial charge in [-0.2, -0.15) is 0 Å². The van der Waals surface area contributed by atoms with Gasteiger partial charge in [0.25, 0.3) is 11.6 Å². The van der Waals surface area contributed by atoms with Crippen LogP contribution in [-0.4, -0.2) is 17.4 Å². The van der Waals surface area contributed by atoms with Crippen molar-refractivity contribution < 1.29 is 9.72 Å². The number of nitrogens with zero attached hydrogens (tertiary/aromatic N) is 1. The summed E-state index contributed by atoms with van der Waals surface area (Å²) in [7, 11) is 0. The van der Waals surface area contributed by atoms with Crippen molar-refractivity contribution in [3.63, 3.8) is 0 Å². The fourth-order valence-electron chi connectivity index (χ4n) is 2.80. The van der Waals surface area contributed by atoms with E-state index in [4.69, 9.17) is 5.84 Å². The van der Waals surface area contributed by atoms with Crippen LogP contribution in [0.1, 0.15) is 36.5 Å². The average molecular weight is 292 g/mol. The monoisotopic (exact) mass is 292 g/mol. The molecule has 0 aromatic heterocycles. The van der Waals surface area contributed by atoms with Crippen molar-refractivity contribution >= 4 is 17.3 Å². The number of amides is 1. The van der Waals surface area contributed by atoms with Gasteiger partial charge in [-0.3, -0.25) is 20.8 Å². The maximum atomic E-state index is 12.1. The van der Waals surface area contributed by atoms with E-state index in [9.17, 15) is 14.9 Å². The number of rotatable bonds is 5. The topological polar surface area (TPSA) is 110 Å². The maximum absolute atomic E-state index is 12.1. The van der Waals surface area contributed by atoms with Crippen LogP contribution in [0.15, 0.2) is 18.2 Å². The molecule has 0 spiro atoms. The molecule has 1 saturated carbocycles. The predicted molar refractivity (Wildman–Crippen MR) is 79.7 cm³/mol. The summed E-state index contributed by atoms with van der Waals surface area (Å²) in [5.41, 5.74) is 2.59. The predicted octanol–water partition coefficient (Wildman–Crippen LogP) is 2.05. The summed E-state index contributed by atoms with van der Waals surface area (Å²) >= 11 is 0. The third-order valence-corrected chi connectivity index (χ3v) is 4.17. The Morgan fingerprint density at radius 3 is 2.81 bits per heavy atom. The fourth-order valence-corrected chi connectivity index (χ4v) is 2.80. The van der Waals surface area contributed by atoms with Gasteiger partial charge in [-0.1, -0.05) is 19.8 Å². The summed E-state index contributed by atoms with van der Waals surface area (Å²) in [6.45, 7) is 2.84. The highest BCUT2D eigenvalue weighted by Crippen LogP contribution is 2.30. The number of carbonyl (C=O) groups excluding carboxylic acids is 1. The Kier molecular flexibility index (Phi) is 4.74. The molecule has 1 aromatic rings. The van der Waals surface area contributed by atoms with Crippen LogP contribution < -0.4 is 16.6 Å². The third kappa shape index (κ3) is 3.49. The molecule has 1 fully saturated rings. The summed E-state index contributed by atoms with van der Waals surface area (Å²) in [6, 6.07) is 4.11. The van der Waals surface area contributed by atoms with E-state index in [1.54, 1.807) is 0 Å². The number of hydrogen-bond acceptors (Lipinski definition) is 5. The maximum Gasteiger partial charge on any atom is 0.293 e. The van der Waals surface area contributed by atoms with Crippen molar-refractivity contribution in [2.75, 3.05) is 12.0 Å². The first-order valence-corrected chi connectivity index (χ1v) is 7.06. The van der Waals surface area contributed by atoms with Gasteiger partial charge in [0.1, 0.15) is 5.69 Å². The number of nitrogen functional groups attached to an aromatic ring is 1. The number of benzene rings is 1. The average Bonchev–Trinajstić information content (AvgIpc) is 2.89.